The Labute approximate surface area is 221 Å². The second-order valence-corrected chi connectivity index (χ2v) is 9.80. The molecule has 184 valence electrons. The molecule has 0 unspecified atom stereocenters. The quantitative estimate of drug-likeness (QED) is 0.433. The number of hydrogen-bond donors (Lipinski definition) is 0. The van der Waals surface area contributed by atoms with Crippen LogP contribution in [0, 0.1) is 18.3 Å². The third kappa shape index (κ3) is 4.96. The van der Waals surface area contributed by atoms with Crippen molar-refractivity contribution in [3.63, 3.8) is 0 Å². The number of allylic oxidation sites excluding steroid dienone is 1. The minimum absolute atomic E-state index is 0.196. The molecule has 3 aromatic rings. The highest BCUT2D eigenvalue weighted by Gasteiger charge is 2.33. The van der Waals surface area contributed by atoms with E-state index in [2.05, 4.69) is 4.99 Å². The standard InChI is InChI=1S/C26H21Cl2N3O4S/c1-4-34-25(33)21-15(3)30-26-31(22(21)17-7-5-14(2)6-8-17)24(32)20(36-26)13-16-11-18(27)23(19(28)12-16)35-10-9-29/h5-8,11-13,22H,4,10H2,1-3H3/b20-13+/t22-/m0/s1. The highest BCUT2D eigenvalue weighted by molar-refractivity contribution is 7.07. The first-order chi connectivity index (χ1) is 17.2. The molecule has 1 aromatic heterocycles. The van der Waals surface area contributed by atoms with Gasteiger partial charge in [-0.05, 0) is 50.1 Å². The van der Waals surface area contributed by atoms with Crippen molar-refractivity contribution in [1.82, 2.24) is 4.57 Å². The van der Waals surface area contributed by atoms with Crippen LogP contribution < -0.4 is 19.6 Å². The fraction of sp³-hybridized carbons (Fsp3) is 0.231. The van der Waals surface area contributed by atoms with Crippen LogP contribution in [-0.2, 0) is 9.53 Å². The van der Waals surface area contributed by atoms with Crippen LogP contribution in [0.3, 0.4) is 0 Å². The molecule has 2 heterocycles. The third-order valence-electron chi connectivity index (χ3n) is 5.51. The lowest BCUT2D eigenvalue weighted by molar-refractivity contribution is -0.139. The fourth-order valence-electron chi connectivity index (χ4n) is 3.91. The molecule has 0 bridgehead atoms. The fourth-order valence-corrected chi connectivity index (χ4v) is 5.57. The van der Waals surface area contributed by atoms with Crippen LogP contribution >= 0.6 is 34.5 Å². The molecule has 0 amide bonds. The van der Waals surface area contributed by atoms with Crippen molar-refractivity contribution in [2.45, 2.75) is 26.8 Å². The van der Waals surface area contributed by atoms with E-state index in [4.69, 9.17) is 37.9 Å². The van der Waals surface area contributed by atoms with Crippen LogP contribution in [0.5, 0.6) is 5.75 Å². The summed E-state index contributed by atoms with van der Waals surface area (Å²) in [6, 6.07) is 12.1. The van der Waals surface area contributed by atoms with Gasteiger partial charge in [-0.25, -0.2) is 9.79 Å². The van der Waals surface area contributed by atoms with Gasteiger partial charge < -0.3 is 9.47 Å². The largest absolute Gasteiger partial charge is 0.476 e. The van der Waals surface area contributed by atoms with Crippen molar-refractivity contribution in [2.75, 3.05) is 13.2 Å². The van der Waals surface area contributed by atoms with Crippen molar-refractivity contribution in [3.8, 4) is 11.8 Å². The van der Waals surface area contributed by atoms with E-state index >= 15 is 0 Å². The first kappa shape index (κ1) is 25.7. The van der Waals surface area contributed by atoms with Gasteiger partial charge in [-0.15, -0.1) is 0 Å². The number of rotatable bonds is 6. The predicted octanol–water partition coefficient (Wildman–Crippen LogP) is 4.32. The van der Waals surface area contributed by atoms with Gasteiger partial charge in [0.25, 0.3) is 5.56 Å². The number of esters is 1. The van der Waals surface area contributed by atoms with Gasteiger partial charge in [0.15, 0.2) is 17.2 Å². The Bertz CT molecular complexity index is 1570. The van der Waals surface area contributed by atoms with Crippen molar-refractivity contribution >= 4 is 46.6 Å². The number of fused-ring (bicyclic) bond motifs is 1. The van der Waals surface area contributed by atoms with Gasteiger partial charge in [0.05, 0.1) is 38.5 Å². The molecule has 0 fully saturated rings. The Morgan fingerprint density at radius 1 is 1.22 bits per heavy atom. The van der Waals surface area contributed by atoms with Gasteiger partial charge in [-0.1, -0.05) is 64.4 Å². The van der Waals surface area contributed by atoms with Gasteiger partial charge in [0, 0.05) is 0 Å². The van der Waals surface area contributed by atoms with E-state index in [-0.39, 0.29) is 34.6 Å². The zero-order valence-electron chi connectivity index (χ0n) is 19.7. The summed E-state index contributed by atoms with van der Waals surface area (Å²) in [6.45, 7) is 5.45. The maximum Gasteiger partial charge on any atom is 0.338 e. The van der Waals surface area contributed by atoms with Crippen LogP contribution in [0.2, 0.25) is 10.0 Å². The Balaban J connectivity index is 1.89. The van der Waals surface area contributed by atoms with E-state index in [0.29, 0.717) is 26.2 Å². The topological polar surface area (TPSA) is 93.7 Å². The van der Waals surface area contributed by atoms with Crippen molar-refractivity contribution in [1.29, 1.82) is 5.26 Å². The molecule has 0 N–H and O–H groups in total. The SMILES string of the molecule is CCOC(=O)C1=C(C)N=c2s/c(=C/c3cc(Cl)c(OCC#N)c(Cl)c3)c(=O)n2[C@H]1c1ccc(C)cc1. The van der Waals surface area contributed by atoms with E-state index in [1.165, 1.54) is 15.9 Å². The van der Waals surface area contributed by atoms with Crippen molar-refractivity contribution in [3.05, 3.63) is 94.1 Å². The highest BCUT2D eigenvalue weighted by atomic mass is 35.5. The normalized spacial score (nSPS) is 15.2. The lowest BCUT2D eigenvalue weighted by Crippen LogP contribution is -2.39. The Morgan fingerprint density at radius 3 is 2.50 bits per heavy atom. The molecule has 1 aliphatic rings. The highest BCUT2D eigenvalue weighted by Crippen LogP contribution is 2.34. The Kier molecular flexibility index (Phi) is 7.65. The van der Waals surface area contributed by atoms with Crippen LogP contribution in [0.1, 0.15) is 36.6 Å². The third-order valence-corrected chi connectivity index (χ3v) is 7.05. The van der Waals surface area contributed by atoms with Crippen molar-refractivity contribution in [2.24, 2.45) is 4.99 Å². The number of aromatic nitrogens is 1. The molecule has 10 heteroatoms. The van der Waals surface area contributed by atoms with E-state index in [0.717, 1.165) is 11.1 Å². The average Bonchev–Trinajstić information content (AvgIpc) is 3.12. The summed E-state index contributed by atoms with van der Waals surface area (Å²) in [5, 5.41) is 9.18. The van der Waals surface area contributed by atoms with Gasteiger partial charge in [0.1, 0.15) is 6.07 Å². The van der Waals surface area contributed by atoms with Crippen LogP contribution in [-0.4, -0.2) is 23.8 Å². The van der Waals surface area contributed by atoms with Crippen molar-refractivity contribution < 1.29 is 14.3 Å². The minimum Gasteiger partial charge on any atom is -0.476 e. The number of carbonyl (C=O) groups excluding carboxylic acids is 1. The molecule has 1 aliphatic heterocycles. The number of benzene rings is 2. The molecule has 0 spiro atoms. The molecule has 36 heavy (non-hydrogen) atoms. The zero-order chi connectivity index (χ0) is 26.0. The smallest absolute Gasteiger partial charge is 0.338 e. The molecule has 7 nitrogen and oxygen atoms in total. The number of aryl methyl sites for hydroxylation is 1. The van der Waals surface area contributed by atoms with Crippen LogP contribution in [0.15, 0.2) is 57.5 Å². The summed E-state index contributed by atoms with van der Waals surface area (Å²) >= 11 is 13.8. The summed E-state index contributed by atoms with van der Waals surface area (Å²) in [6.07, 6.45) is 1.66. The van der Waals surface area contributed by atoms with Crippen LogP contribution in [0.25, 0.3) is 6.08 Å². The molecular formula is C26H21Cl2N3O4S. The molecule has 0 saturated heterocycles. The first-order valence-electron chi connectivity index (χ1n) is 11.0. The molecular weight excluding hydrogens is 521 g/mol. The first-order valence-corrected chi connectivity index (χ1v) is 12.6. The summed E-state index contributed by atoms with van der Waals surface area (Å²) in [5.41, 5.74) is 2.92. The molecule has 0 saturated carbocycles. The van der Waals surface area contributed by atoms with E-state index in [1.54, 1.807) is 32.1 Å². The molecule has 2 aromatic carbocycles. The number of nitriles is 1. The number of carbonyl (C=O) groups is 1. The second kappa shape index (κ2) is 10.7. The Morgan fingerprint density at radius 2 is 1.89 bits per heavy atom. The number of nitrogens with zero attached hydrogens (tertiary/aromatic N) is 3. The minimum atomic E-state index is -0.683. The van der Waals surface area contributed by atoms with E-state index in [9.17, 15) is 9.59 Å². The maximum absolute atomic E-state index is 13.7. The molecule has 4 rings (SSSR count). The van der Waals surface area contributed by atoms with E-state index in [1.807, 2.05) is 37.3 Å². The molecule has 0 aliphatic carbocycles. The van der Waals surface area contributed by atoms with Gasteiger partial charge >= 0.3 is 5.97 Å². The van der Waals surface area contributed by atoms with Gasteiger partial charge in [-0.2, -0.15) is 5.26 Å². The predicted molar refractivity (Wildman–Crippen MR) is 139 cm³/mol. The summed E-state index contributed by atoms with van der Waals surface area (Å²) in [5.74, 6) is -0.308. The molecule has 0 radical (unpaired) electrons. The summed E-state index contributed by atoms with van der Waals surface area (Å²) in [7, 11) is 0. The number of halogens is 2. The summed E-state index contributed by atoms with van der Waals surface area (Å²) < 4.78 is 12.5. The lowest BCUT2D eigenvalue weighted by atomic mass is 9.95. The monoisotopic (exact) mass is 541 g/mol. The number of hydrogen-bond acceptors (Lipinski definition) is 7. The average molecular weight is 542 g/mol. The summed E-state index contributed by atoms with van der Waals surface area (Å²) in [4.78, 5) is 31.6. The number of thiazole rings is 1. The van der Waals surface area contributed by atoms with Gasteiger partial charge in [0.2, 0.25) is 0 Å². The van der Waals surface area contributed by atoms with Crippen LogP contribution in [0.4, 0.5) is 0 Å². The maximum atomic E-state index is 13.7. The van der Waals surface area contributed by atoms with E-state index < -0.39 is 12.0 Å². The van der Waals surface area contributed by atoms with Gasteiger partial charge in [-0.3, -0.25) is 9.36 Å². The zero-order valence-corrected chi connectivity index (χ0v) is 22.0. The molecule has 1 atom stereocenters. The lowest BCUT2D eigenvalue weighted by Gasteiger charge is -2.24. The number of ether oxygens (including phenoxy) is 2. The Hall–Kier alpha value is -3.38. The second-order valence-electron chi connectivity index (χ2n) is 7.97.